The van der Waals surface area contributed by atoms with Gasteiger partial charge in [0.25, 0.3) is 11.6 Å². The van der Waals surface area contributed by atoms with Gasteiger partial charge < -0.3 is 14.6 Å². The van der Waals surface area contributed by atoms with E-state index in [1.54, 1.807) is 0 Å². The fraction of sp³-hybridized carbons (Fsp3) is 0.125. The molecule has 25 heavy (non-hydrogen) atoms. The van der Waals surface area contributed by atoms with Gasteiger partial charge in [0, 0.05) is 11.6 Å². The van der Waals surface area contributed by atoms with Gasteiger partial charge in [-0.3, -0.25) is 14.9 Å². The number of phenolic OH excluding ortho intramolecular Hbond substituents is 1. The number of hydrogen-bond donors (Lipinski definition) is 2. The molecule has 2 N–H and O–H groups in total. The summed E-state index contributed by atoms with van der Waals surface area (Å²) >= 11 is 0. The molecule has 0 heterocycles. The zero-order valence-corrected chi connectivity index (χ0v) is 13.4. The number of aromatic hydroxyl groups is 1. The smallest absolute Gasteiger partial charge is 0.282 e. The topological polar surface area (TPSA) is 123 Å². The maximum Gasteiger partial charge on any atom is 0.282 e. The van der Waals surface area contributed by atoms with Crippen molar-refractivity contribution < 1.29 is 24.3 Å². The van der Waals surface area contributed by atoms with E-state index >= 15 is 0 Å². The molecule has 0 bridgehead atoms. The number of carbonyl (C=O) groups is 1. The van der Waals surface area contributed by atoms with E-state index in [1.807, 2.05) is 0 Å². The summed E-state index contributed by atoms with van der Waals surface area (Å²) in [7, 11) is 2.76. The molecule has 9 nitrogen and oxygen atoms in total. The number of para-hydroxylation sites is 1. The van der Waals surface area contributed by atoms with Crippen molar-refractivity contribution >= 4 is 17.8 Å². The lowest BCUT2D eigenvalue weighted by Gasteiger charge is -2.09. The normalized spacial score (nSPS) is 10.5. The lowest BCUT2D eigenvalue weighted by molar-refractivity contribution is -0.385. The van der Waals surface area contributed by atoms with Crippen LogP contribution in [0.3, 0.4) is 0 Å². The molecule has 0 aliphatic heterocycles. The quantitative estimate of drug-likeness (QED) is 0.469. The van der Waals surface area contributed by atoms with Crippen LogP contribution in [-0.4, -0.2) is 36.4 Å². The second-order valence-corrected chi connectivity index (χ2v) is 4.75. The Kier molecular flexibility index (Phi) is 5.51. The number of nitro benzene ring substituents is 1. The van der Waals surface area contributed by atoms with Crippen molar-refractivity contribution in [2.75, 3.05) is 14.2 Å². The molecule has 0 saturated carbocycles. The van der Waals surface area contributed by atoms with Crippen molar-refractivity contribution in [1.82, 2.24) is 5.43 Å². The van der Waals surface area contributed by atoms with Crippen LogP contribution in [0.1, 0.15) is 15.9 Å². The molecule has 0 aliphatic rings. The number of nitrogens with one attached hydrogen (secondary N) is 1. The average molecular weight is 345 g/mol. The highest BCUT2D eigenvalue weighted by Gasteiger charge is 2.18. The van der Waals surface area contributed by atoms with Gasteiger partial charge in [0.15, 0.2) is 11.5 Å². The first-order valence-corrected chi connectivity index (χ1v) is 6.99. The zero-order chi connectivity index (χ0) is 18.4. The van der Waals surface area contributed by atoms with E-state index < -0.39 is 10.8 Å². The molecule has 2 aromatic rings. The fourth-order valence-corrected chi connectivity index (χ4v) is 2.04. The summed E-state index contributed by atoms with van der Waals surface area (Å²) < 4.78 is 10.0. The van der Waals surface area contributed by atoms with Gasteiger partial charge >= 0.3 is 0 Å². The number of nitro groups is 1. The van der Waals surface area contributed by atoms with E-state index in [0.717, 1.165) is 0 Å². The van der Waals surface area contributed by atoms with Crippen molar-refractivity contribution in [2.24, 2.45) is 5.10 Å². The number of carbonyl (C=O) groups excluding carboxylic acids is 1. The van der Waals surface area contributed by atoms with E-state index in [-0.39, 0.29) is 28.5 Å². The molecular formula is C16H15N3O6. The largest absolute Gasteiger partial charge is 0.502 e. The maximum atomic E-state index is 12.0. The molecular weight excluding hydrogens is 330 g/mol. The minimum absolute atomic E-state index is 0.106. The number of hydrogen-bond acceptors (Lipinski definition) is 7. The number of hydrazone groups is 1. The molecule has 9 heteroatoms. The van der Waals surface area contributed by atoms with Gasteiger partial charge in [0.1, 0.15) is 5.56 Å². The molecule has 0 radical (unpaired) electrons. The Balaban J connectivity index is 2.19. The van der Waals surface area contributed by atoms with Gasteiger partial charge in [-0.05, 0) is 18.2 Å². The summed E-state index contributed by atoms with van der Waals surface area (Å²) in [5.41, 5.74) is 2.27. The molecule has 1 amide bonds. The van der Waals surface area contributed by atoms with Crippen LogP contribution in [-0.2, 0) is 0 Å². The lowest BCUT2D eigenvalue weighted by Crippen LogP contribution is -2.18. The first-order valence-electron chi connectivity index (χ1n) is 6.99. The average Bonchev–Trinajstić information content (AvgIpc) is 2.62. The van der Waals surface area contributed by atoms with Crippen molar-refractivity contribution in [3.63, 3.8) is 0 Å². The predicted molar refractivity (Wildman–Crippen MR) is 89.4 cm³/mol. The van der Waals surface area contributed by atoms with Gasteiger partial charge in [-0.1, -0.05) is 12.1 Å². The number of ether oxygens (including phenoxy) is 2. The van der Waals surface area contributed by atoms with E-state index in [4.69, 9.17) is 9.47 Å². The molecule has 0 spiro atoms. The fourth-order valence-electron chi connectivity index (χ4n) is 2.04. The van der Waals surface area contributed by atoms with E-state index in [9.17, 15) is 20.0 Å². The summed E-state index contributed by atoms with van der Waals surface area (Å²) in [5, 5.41) is 24.5. The molecule has 0 unspecified atom stereocenters. The van der Waals surface area contributed by atoms with Crippen LogP contribution in [0.5, 0.6) is 17.2 Å². The van der Waals surface area contributed by atoms with Crippen LogP contribution in [0, 0.1) is 10.1 Å². The monoisotopic (exact) mass is 345 g/mol. The lowest BCUT2D eigenvalue weighted by atomic mass is 10.2. The highest BCUT2D eigenvalue weighted by Crippen LogP contribution is 2.36. The number of rotatable bonds is 6. The number of benzene rings is 2. The Morgan fingerprint density at radius 1 is 1.24 bits per heavy atom. The van der Waals surface area contributed by atoms with Crippen LogP contribution in [0.2, 0.25) is 0 Å². The second kappa shape index (κ2) is 7.77. The van der Waals surface area contributed by atoms with Gasteiger partial charge in [-0.2, -0.15) is 5.10 Å². The van der Waals surface area contributed by atoms with E-state index in [0.29, 0.717) is 5.56 Å². The van der Waals surface area contributed by atoms with Crippen LogP contribution < -0.4 is 14.9 Å². The zero-order valence-electron chi connectivity index (χ0n) is 13.4. The summed E-state index contributed by atoms with van der Waals surface area (Å²) in [6, 6.07) is 8.51. The third-order valence-electron chi connectivity index (χ3n) is 3.23. The highest BCUT2D eigenvalue weighted by atomic mass is 16.6. The summed E-state index contributed by atoms with van der Waals surface area (Å²) in [6.45, 7) is 0. The van der Waals surface area contributed by atoms with Crippen LogP contribution in [0.25, 0.3) is 0 Å². The Bertz CT molecular complexity index is 809. The molecule has 0 atom stereocenters. The van der Waals surface area contributed by atoms with Crippen molar-refractivity contribution in [3.05, 3.63) is 57.6 Å². The Morgan fingerprint density at radius 3 is 2.40 bits per heavy atom. The standard InChI is InChI=1S/C16H15N3O6/c1-24-13-7-10(8-14(25-2)15(13)20)9-17-18-16(21)11-5-3-4-6-12(11)19(22)23/h3-9,20H,1-2H3,(H,18,21)/b17-9-. The Labute approximate surface area is 142 Å². The highest BCUT2D eigenvalue weighted by molar-refractivity contribution is 5.98. The van der Waals surface area contributed by atoms with Crippen LogP contribution in [0.15, 0.2) is 41.5 Å². The molecule has 2 aromatic carbocycles. The van der Waals surface area contributed by atoms with Gasteiger partial charge in [0.2, 0.25) is 5.75 Å². The molecule has 0 aliphatic carbocycles. The minimum atomic E-state index is -0.721. The van der Waals surface area contributed by atoms with E-state index in [2.05, 4.69) is 10.5 Å². The molecule has 0 saturated heterocycles. The third-order valence-corrected chi connectivity index (χ3v) is 3.23. The Morgan fingerprint density at radius 2 is 1.84 bits per heavy atom. The van der Waals surface area contributed by atoms with E-state index in [1.165, 1.54) is 56.8 Å². The first-order chi connectivity index (χ1) is 12.0. The molecule has 0 fully saturated rings. The third kappa shape index (κ3) is 4.02. The number of nitrogens with zero attached hydrogens (tertiary/aromatic N) is 2. The first kappa shape index (κ1) is 17.7. The van der Waals surface area contributed by atoms with Gasteiger partial charge in [0.05, 0.1) is 25.4 Å². The van der Waals surface area contributed by atoms with Crippen molar-refractivity contribution in [2.45, 2.75) is 0 Å². The van der Waals surface area contributed by atoms with Crippen LogP contribution >= 0.6 is 0 Å². The predicted octanol–water partition coefficient (Wildman–Crippen LogP) is 2.08. The number of amides is 1. The SMILES string of the molecule is COc1cc(/C=N\NC(=O)c2ccccc2[N+](=O)[O-])cc(OC)c1O. The van der Waals surface area contributed by atoms with Crippen molar-refractivity contribution in [1.29, 1.82) is 0 Å². The molecule has 0 aromatic heterocycles. The van der Waals surface area contributed by atoms with Crippen LogP contribution in [0.4, 0.5) is 5.69 Å². The molecule has 2 rings (SSSR count). The van der Waals surface area contributed by atoms with Gasteiger partial charge in [-0.25, -0.2) is 5.43 Å². The Hall–Kier alpha value is -3.62. The number of methoxy groups -OCH3 is 2. The van der Waals surface area contributed by atoms with Crippen molar-refractivity contribution in [3.8, 4) is 17.2 Å². The summed E-state index contributed by atoms with van der Waals surface area (Å²) in [4.78, 5) is 22.3. The molecule has 130 valence electrons. The summed E-state index contributed by atoms with van der Waals surface area (Å²) in [6.07, 6.45) is 1.29. The second-order valence-electron chi connectivity index (χ2n) is 4.75. The maximum absolute atomic E-state index is 12.0. The number of phenols is 1. The minimum Gasteiger partial charge on any atom is -0.502 e. The summed E-state index contributed by atoms with van der Waals surface area (Å²) in [5.74, 6) is -0.538. The van der Waals surface area contributed by atoms with Gasteiger partial charge in [-0.15, -0.1) is 0 Å².